The van der Waals surface area contributed by atoms with Crippen LogP contribution in [0.2, 0.25) is 0 Å². The Morgan fingerprint density at radius 3 is 2.38 bits per heavy atom. The predicted octanol–water partition coefficient (Wildman–Crippen LogP) is 2.36. The van der Waals surface area contributed by atoms with Gasteiger partial charge in [0.1, 0.15) is 12.6 Å². The molecule has 0 heterocycles. The van der Waals surface area contributed by atoms with Gasteiger partial charge in [0.25, 0.3) is 0 Å². The van der Waals surface area contributed by atoms with Crippen LogP contribution in [-0.4, -0.2) is 31.2 Å². The van der Waals surface area contributed by atoms with Crippen LogP contribution in [0.15, 0.2) is 23.8 Å². The molecule has 0 saturated heterocycles. The fourth-order valence-corrected chi connectivity index (χ4v) is 1.44. The highest BCUT2D eigenvalue weighted by Crippen LogP contribution is 2.03. The van der Waals surface area contributed by atoms with Gasteiger partial charge in [-0.25, -0.2) is 0 Å². The fourth-order valence-electron chi connectivity index (χ4n) is 1.44. The molecule has 5 heteroatoms. The van der Waals surface area contributed by atoms with E-state index in [1.54, 1.807) is 0 Å². The Morgan fingerprint density at radius 2 is 1.86 bits per heavy atom. The molecule has 2 N–H and O–H groups in total. The van der Waals surface area contributed by atoms with Crippen LogP contribution in [0.5, 0.6) is 0 Å². The normalized spacial score (nSPS) is 13.5. The zero-order valence-corrected chi connectivity index (χ0v) is 13.4. The maximum absolute atomic E-state index is 11.5. The lowest BCUT2D eigenvalue weighted by Crippen LogP contribution is -2.37. The monoisotopic (exact) mass is 297 g/mol. The number of hydrogen-bond donors (Lipinski definition) is 1. The molecule has 0 radical (unpaired) electrons. The summed E-state index contributed by atoms with van der Waals surface area (Å²) in [5, 5.41) is 0. The first kappa shape index (κ1) is 19.4. The van der Waals surface area contributed by atoms with Gasteiger partial charge in [-0.15, -0.1) is 0 Å². The third-order valence-corrected chi connectivity index (χ3v) is 2.91. The fraction of sp³-hybridized carbons (Fsp3) is 0.625. The van der Waals surface area contributed by atoms with E-state index in [-0.39, 0.29) is 31.5 Å². The second-order valence-corrected chi connectivity index (χ2v) is 5.07. The topological polar surface area (TPSA) is 78.6 Å². The standard InChI is InChI=1S/C16H27NO4/c1-5-8-13(6-2)11-21-14(18)9-7-10-20-16(19)15(17)12(3)4/h5-6,8,12,15H,7,9-11,17H2,1-4H3/b8-5-,13-6+/t15-/m0/s1. The second kappa shape index (κ2) is 11.1. The van der Waals surface area contributed by atoms with Crippen molar-refractivity contribution in [3.63, 3.8) is 0 Å². The van der Waals surface area contributed by atoms with Crippen molar-refractivity contribution in [3.05, 3.63) is 23.8 Å². The number of rotatable bonds is 9. The summed E-state index contributed by atoms with van der Waals surface area (Å²) >= 11 is 0. The van der Waals surface area contributed by atoms with Crippen LogP contribution in [0.3, 0.4) is 0 Å². The molecule has 0 amide bonds. The van der Waals surface area contributed by atoms with Gasteiger partial charge in [-0.2, -0.15) is 0 Å². The van der Waals surface area contributed by atoms with Crippen molar-refractivity contribution in [3.8, 4) is 0 Å². The van der Waals surface area contributed by atoms with Crippen molar-refractivity contribution in [1.29, 1.82) is 0 Å². The van der Waals surface area contributed by atoms with Gasteiger partial charge in [-0.05, 0) is 31.8 Å². The van der Waals surface area contributed by atoms with Crippen LogP contribution in [-0.2, 0) is 19.1 Å². The molecule has 0 aromatic rings. The Morgan fingerprint density at radius 1 is 1.19 bits per heavy atom. The molecular weight excluding hydrogens is 270 g/mol. The van der Waals surface area contributed by atoms with E-state index in [2.05, 4.69) is 0 Å². The van der Waals surface area contributed by atoms with Crippen molar-refractivity contribution in [2.24, 2.45) is 11.7 Å². The Bertz CT molecular complexity index is 386. The minimum Gasteiger partial charge on any atom is -0.465 e. The molecule has 0 bridgehead atoms. The van der Waals surface area contributed by atoms with Crippen LogP contribution in [0.4, 0.5) is 0 Å². The first-order valence-corrected chi connectivity index (χ1v) is 7.28. The Hall–Kier alpha value is -1.62. The number of allylic oxidation sites excluding steroid dienone is 2. The SMILES string of the molecule is C/C=C\C(=C/C)COC(=O)CCCOC(=O)[C@@H](N)C(C)C. The summed E-state index contributed by atoms with van der Waals surface area (Å²) in [5.41, 5.74) is 6.59. The van der Waals surface area contributed by atoms with E-state index in [4.69, 9.17) is 15.2 Å². The van der Waals surface area contributed by atoms with E-state index in [0.717, 1.165) is 5.57 Å². The first-order chi connectivity index (χ1) is 9.92. The van der Waals surface area contributed by atoms with E-state index in [9.17, 15) is 9.59 Å². The summed E-state index contributed by atoms with van der Waals surface area (Å²) in [6.07, 6.45) is 6.33. The van der Waals surface area contributed by atoms with E-state index in [1.807, 2.05) is 45.9 Å². The molecule has 0 unspecified atom stereocenters. The van der Waals surface area contributed by atoms with Gasteiger partial charge < -0.3 is 15.2 Å². The molecule has 0 rings (SSSR count). The van der Waals surface area contributed by atoms with Gasteiger partial charge in [-0.1, -0.05) is 32.1 Å². The number of carbonyl (C=O) groups is 2. The summed E-state index contributed by atoms with van der Waals surface area (Å²) in [5.74, 6) is -0.695. The van der Waals surface area contributed by atoms with Gasteiger partial charge in [0.15, 0.2) is 0 Å². The van der Waals surface area contributed by atoms with Gasteiger partial charge in [-0.3, -0.25) is 9.59 Å². The minimum atomic E-state index is -0.616. The Kier molecular flexibility index (Phi) is 10.2. The summed E-state index contributed by atoms with van der Waals surface area (Å²) in [6, 6.07) is -0.616. The molecule has 0 aromatic carbocycles. The van der Waals surface area contributed by atoms with Crippen molar-refractivity contribution in [2.75, 3.05) is 13.2 Å². The number of nitrogens with two attached hydrogens (primary N) is 1. The van der Waals surface area contributed by atoms with Crippen LogP contribution in [0.25, 0.3) is 0 Å². The molecule has 0 saturated carbocycles. The minimum absolute atomic E-state index is 0.0355. The molecule has 120 valence electrons. The maximum Gasteiger partial charge on any atom is 0.323 e. The summed E-state index contributed by atoms with van der Waals surface area (Å²) < 4.78 is 10.1. The number of carbonyl (C=O) groups excluding carboxylic acids is 2. The molecule has 0 aliphatic carbocycles. The van der Waals surface area contributed by atoms with E-state index in [0.29, 0.717) is 6.42 Å². The molecular formula is C16H27NO4. The average Bonchev–Trinajstić information content (AvgIpc) is 2.46. The zero-order chi connectivity index (χ0) is 16.3. The Balaban J connectivity index is 3.83. The third-order valence-electron chi connectivity index (χ3n) is 2.91. The van der Waals surface area contributed by atoms with Gasteiger partial charge in [0.05, 0.1) is 6.61 Å². The van der Waals surface area contributed by atoms with Crippen molar-refractivity contribution in [1.82, 2.24) is 0 Å². The smallest absolute Gasteiger partial charge is 0.323 e. The highest BCUT2D eigenvalue weighted by Gasteiger charge is 2.18. The van der Waals surface area contributed by atoms with Crippen LogP contribution in [0.1, 0.15) is 40.5 Å². The zero-order valence-electron chi connectivity index (χ0n) is 13.4. The molecule has 21 heavy (non-hydrogen) atoms. The molecule has 1 atom stereocenters. The van der Waals surface area contributed by atoms with E-state index < -0.39 is 12.0 Å². The highest BCUT2D eigenvalue weighted by atomic mass is 16.5. The Labute approximate surface area is 127 Å². The van der Waals surface area contributed by atoms with Crippen molar-refractivity contribution in [2.45, 2.75) is 46.6 Å². The van der Waals surface area contributed by atoms with E-state index >= 15 is 0 Å². The molecule has 0 aliphatic heterocycles. The lowest BCUT2D eigenvalue weighted by atomic mass is 10.1. The lowest BCUT2D eigenvalue weighted by molar-refractivity contribution is -0.148. The average molecular weight is 297 g/mol. The summed E-state index contributed by atoms with van der Waals surface area (Å²) in [6.45, 7) is 7.94. The number of hydrogen-bond acceptors (Lipinski definition) is 5. The number of esters is 2. The molecule has 0 fully saturated rings. The molecule has 0 aliphatic rings. The molecule has 5 nitrogen and oxygen atoms in total. The first-order valence-electron chi connectivity index (χ1n) is 7.28. The van der Waals surface area contributed by atoms with Crippen molar-refractivity contribution >= 4 is 11.9 Å². The largest absolute Gasteiger partial charge is 0.465 e. The van der Waals surface area contributed by atoms with Crippen LogP contribution < -0.4 is 5.73 Å². The second-order valence-electron chi connectivity index (χ2n) is 5.07. The van der Waals surface area contributed by atoms with Crippen LogP contribution >= 0.6 is 0 Å². The van der Waals surface area contributed by atoms with Gasteiger partial charge in [0, 0.05) is 6.42 Å². The highest BCUT2D eigenvalue weighted by molar-refractivity contribution is 5.75. The summed E-state index contributed by atoms with van der Waals surface area (Å²) in [7, 11) is 0. The summed E-state index contributed by atoms with van der Waals surface area (Å²) in [4.78, 5) is 23.0. The van der Waals surface area contributed by atoms with Crippen molar-refractivity contribution < 1.29 is 19.1 Å². The lowest BCUT2D eigenvalue weighted by Gasteiger charge is -2.14. The van der Waals surface area contributed by atoms with Crippen LogP contribution in [0, 0.1) is 5.92 Å². The molecule has 0 aromatic heterocycles. The van der Waals surface area contributed by atoms with E-state index in [1.165, 1.54) is 0 Å². The van der Waals surface area contributed by atoms with Gasteiger partial charge >= 0.3 is 11.9 Å². The van der Waals surface area contributed by atoms with Gasteiger partial charge in [0.2, 0.25) is 0 Å². The molecule has 0 spiro atoms. The predicted molar refractivity (Wildman–Crippen MR) is 82.5 cm³/mol. The maximum atomic E-state index is 11.5. The quantitative estimate of drug-likeness (QED) is 0.401. The third kappa shape index (κ3) is 9.02. The number of ether oxygens (including phenoxy) is 2.